The largest absolute Gasteiger partial charge is 0.454 e. The van der Waals surface area contributed by atoms with Crippen molar-refractivity contribution in [3.05, 3.63) is 28.9 Å². The SMILES string of the molecule is CNc1cc(C)nc(-c2cc(Cl)c3c(c2)OCO3)n1. The van der Waals surface area contributed by atoms with Crippen molar-refractivity contribution in [2.75, 3.05) is 19.2 Å². The van der Waals surface area contributed by atoms with Crippen molar-refractivity contribution in [3.8, 4) is 22.9 Å². The maximum Gasteiger partial charge on any atom is 0.231 e. The van der Waals surface area contributed by atoms with Gasteiger partial charge >= 0.3 is 0 Å². The number of nitrogens with one attached hydrogen (secondary N) is 1. The maximum atomic E-state index is 6.16. The molecule has 0 bridgehead atoms. The van der Waals surface area contributed by atoms with Gasteiger partial charge in [-0.2, -0.15) is 0 Å². The molecule has 1 aromatic carbocycles. The fourth-order valence-corrected chi connectivity index (χ4v) is 2.19. The third-order valence-electron chi connectivity index (χ3n) is 2.80. The molecular formula is C13H12ClN3O2. The standard InChI is InChI=1S/C13H12ClN3O2/c1-7-3-11(15-2)17-13(16-7)8-4-9(14)12-10(5-8)18-6-19-12/h3-5H,6H2,1-2H3,(H,15,16,17). The van der Waals surface area contributed by atoms with E-state index in [1.165, 1.54) is 0 Å². The number of nitrogens with zero attached hydrogens (tertiary/aromatic N) is 2. The molecule has 0 radical (unpaired) electrons. The molecule has 0 saturated heterocycles. The zero-order valence-electron chi connectivity index (χ0n) is 10.5. The molecule has 0 amide bonds. The number of rotatable bonds is 2. The van der Waals surface area contributed by atoms with Crippen LogP contribution in [0.15, 0.2) is 18.2 Å². The Bertz CT molecular complexity index is 646. The van der Waals surface area contributed by atoms with Gasteiger partial charge in [0.25, 0.3) is 0 Å². The molecule has 0 spiro atoms. The van der Waals surface area contributed by atoms with Crippen molar-refractivity contribution >= 4 is 17.4 Å². The molecule has 0 aliphatic carbocycles. The van der Waals surface area contributed by atoms with E-state index in [4.69, 9.17) is 21.1 Å². The molecule has 1 aromatic heterocycles. The van der Waals surface area contributed by atoms with E-state index in [-0.39, 0.29) is 6.79 Å². The van der Waals surface area contributed by atoms with Gasteiger partial charge in [0.2, 0.25) is 6.79 Å². The van der Waals surface area contributed by atoms with Crippen LogP contribution >= 0.6 is 11.6 Å². The van der Waals surface area contributed by atoms with Crippen molar-refractivity contribution in [1.29, 1.82) is 0 Å². The fraction of sp³-hybridized carbons (Fsp3) is 0.231. The first-order valence-corrected chi connectivity index (χ1v) is 6.18. The predicted octanol–water partition coefficient (Wildman–Crippen LogP) is 2.88. The van der Waals surface area contributed by atoms with Crippen molar-refractivity contribution in [2.45, 2.75) is 6.92 Å². The number of hydrogen-bond acceptors (Lipinski definition) is 5. The first-order chi connectivity index (χ1) is 9.17. The highest BCUT2D eigenvalue weighted by Crippen LogP contribution is 2.41. The van der Waals surface area contributed by atoms with Crippen LogP contribution in [-0.4, -0.2) is 23.8 Å². The Kier molecular flexibility index (Phi) is 2.91. The summed E-state index contributed by atoms with van der Waals surface area (Å²) in [7, 11) is 1.82. The second-order valence-electron chi connectivity index (χ2n) is 4.16. The van der Waals surface area contributed by atoms with Gasteiger partial charge in [-0.05, 0) is 19.1 Å². The van der Waals surface area contributed by atoms with Gasteiger partial charge in [0.15, 0.2) is 17.3 Å². The third-order valence-corrected chi connectivity index (χ3v) is 3.08. The van der Waals surface area contributed by atoms with Crippen LogP contribution in [0, 0.1) is 6.92 Å². The molecule has 0 saturated carbocycles. The average Bonchev–Trinajstić information content (AvgIpc) is 2.86. The Labute approximate surface area is 115 Å². The number of aryl methyl sites for hydroxylation is 1. The molecule has 98 valence electrons. The van der Waals surface area contributed by atoms with Crippen LogP contribution in [0.3, 0.4) is 0 Å². The van der Waals surface area contributed by atoms with Gasteiger partial charge < -0.3 is 14.8 Å². The van der Waals surface area contributed by atoms with E-state index in [9.17, 15) is 0 Å². The number of fused-ring (bicyclic) bond motifs is 1. The number of hydrogen-bond donors (Lipinski definition) is 1. The van der Waals surface area contributed by atoms with Crippen molar-refractivity contribution < 1.29 is 9.47 Å². The normalized spacial score (nSPS) is 12.6. The monoisotopic (exact) mass is 277 g/mol. The summed E-state index contributed by atoms with van der Waals surface area (Å²) in [5.41, 5.74) is 1.68. The zero-order valence-corrected chi connectivity index (χ0v) is 11.3. The first kappa shape index (κ1) is 12.0. The fourth-order valence-electron chi connectivity index (χ4n) is 1.92. The Balaban J connectivity index is 2.12. The summed E-state index contributed by atoms with van der Waals surface area (Å²) < 4.78 is 10.6. The van der Waals surface area contributed by atoms with Gasteiger partial charge in [-0.1, -0.05) is 11.6 Å². The summed E-state index contributed by atoms with van der Waals surface area (Å²) in [6.07, 6.45) is 0. The number of halogens is 1. The molecule has 1 aliphatic heterocycles. The Hall–Kier alpha value is -2.01. The molecule has 1 aliphatic rings. The summed E-state index contributed by atoms with van der Waals surface area (Å²) in [6.45, 7) is 2.11. The molecule has 6 heteroatoms. The van der Waals surface area contributed by atoms with E-state index in [1.54, 1.807) is 6.07 Å². The van der Waals surface area contributed by atoms with Crippen LogP contribution in [0.2, 0.25) is 5.02 Å². The van der Waals surface area contributed by atoms with Crippen LogP contribution in [0.4, 0.5) is 5.82 Å². The minimum atomic E-state index is 0.189. The summed E-state index contributed by atoms with van der Waals surface area (Å²) >= 11 is 6.16. The summed E-state index contributed by atoms with van der Waals surface area (Å²) in [6, 6.07) is 5.49. The van der Waals surface area contributed by atoms with E-state index in [2.05, 4.69) is 15.3 Å². The Morgan fingerprint density at radius 3 is 2.84 bits per heavy atom. The lowest BCUT2D eigenvalue weighted by Gasteiger charge is -2.07. The molecule has 19 heavy (non-hydrogen) atoms. The van der Waals surface area contributed by atoms with Gasteiger partial charge in [0.1, 0.15) is 5.82 Å². The smallest absolute Gasteiger partial charge is 0.231 e. The average molecular weight is 278 g/mol. The molecule has 0 fully saturated rings. The quantitative estimate of drug-likeness (QED) is 0.915. The van der Waals surface area contributed by atoms with Crippen LogP contribution < -0.4 is 14.8 Å². The van der Waals surface area contributed by atoms with Crippen LogP contribution in [-0.2, 0) is 0 Å². The van der Waals surface area contributed by atoms with Gasteiger partial charge in [-0.15, -0.1) is 0 Å². The second-order valence-corrected chi connectivity index (χ2v) is 4.57. The van der Waals surface area contributed by atoms with Crippen molar-refractivity contribution in [2.24, 2.45) is 0 Å². The summed E-state index contributed by atoms with van der Waals surface area (Å²) in [5, 5.41) is 3.51. The second kappa shape index (κ2) is 4.59. The van der Waals surface area contributed by atoms with E-state index in [1.807, 2.05) is 26.1 Å². The van der Waals surface area contributed by atoms with Crippen LogP contribution in [0.25, 0.3) is 11.4 Å². The molecule has 0 unspecified atom stereocenters. The molecule has 2 heterocycles. The number of ether oxygens (including phenoxy) is 2. The predicted molar refractivity (Wildman–Crippen MR) is 72.9 cm³/mol. The molecule has 5 nitrogen and oxygen atoms in total. The van der Waals surface area contributed by atoms with E-state index >= 15 is 0 Å². The van der Waals surface area contributed by atoms with E-state index in [0.29, 0.717) is 22.3 Å². The zero-order chi connectivity index (χ0) is 13.4. The van der Waals surface area contributed by atoms with Crippen molar-refractivity contribution in [1.82, 2.24) is 9.97 Å². The molecule has 3 rings (SSSR count). The number of aromatic nitrogens is 2. The topological polar surface area (TPSA) is 56.3 Å². The third kappa shape index (κ3) is 2.17. The summed E-state index contributed by atoms with van der Waals surface area (Å²) in [4.78, 5) is 8.82. The van der Waals surface area contributed by atoms with Gasteiger partial charge in [0, 0.05) is 24.4 Å². The van der Waals surface area contributed by atoms with E-state index in [0.717, 1.165) is 17.1 Å². The highest BCUT2D eigenvalue weighted by Gasteiger charge is 2.19. The molecule has 0 atom stereocenters. The van der Waals surface area contributed by atoms with Crippen LogP contribution in [0.1, 0.15) is 5.69 Å². The maximum absolute atomic E-state index is 6.16. The minimum absolute atomic E-state index is 0.189. The number of anilines is 1. The number of benzene rings is 1. The van der Waals surface area contributed by atoms with Crippen molar-refractivity contribution in [3.63, 3.8) is 0 Å². The lowest BCUT2D eigenvalue weighted by molar-refractivity contribution is 0.174. The summed E-state index contributed by atoms with van der Waals surface area (Å²) in [5.74, 6) is 2.56. The van der Waals surface area contributed by atoms with Crippen LogP contribution in [0.5, 0.6) is 11.5 Å². The highest BCUT2D eigenvalue weighted by molar-refractivity contribution is 6.32. The first-order valence-electron chi connectivity index (χ1n) is 5.80. The Morgan fingerprint density at radius 2 is 2.05 bits per heavy atom. The van der Waals surface area contributed by atoms with Gasteiger partial charge in [-0.3, -0.25) is 0 Å². The molecule has 1 N–H and O–H groups in total. The van der Waals surface area contributed by atoms with Gasteiger partial charge in [-0.25, -0.2) is 9.97 Å². The molecular weight excluding hydrogens is 266 g/mol. The molecule has 2 aromatic rings. The Morgan fingerprint density at radius 1 is 1.21 bits per heavy atom. The lowest BCUT2D eigenvalue weighted by atomic mass is 10.2. The van der Waals surface area contributed by atoms with Gasteiger partial charge in [0.05, 0.1) is 5.02 Å². The minimum Gasteiger partial charge on any atom is -0.454 e. The lowest BCUT2D eigenvalue weighted by Crippen LogP contribution is -1.98. The van der Waals surface area contributed by atoms with E-state index < -0.39 is 0 Å². The highest BCUT2D eigenvalue weighted by atomic mass is 35.5.